The molecule has 30 heavy (non-hydrogen) atoms. The lowest BCUT2D eigenvalue weighted by Crippen LogP contribution is -2.54. The van der Waals surface area contributed by atoms with Gasteiger partial charge in [0.05, 0.1) is 16.1 Å². The predicted octanol–water partition coefficient (Wildman–Crippen LogP) is 4.66. The van der Waals surface area contributed by atoms with Crippen molar-refractivity contribution in [1.82, 2.24) is 5.32 Å². The van der Waals surface area contributed by atoms with E-state index in [0.29, 0.717) is 34.8 Å². The van der Waals surface area contributed by atoms with Crippen LogP contribution in [0.15, 0.2) is 30.4 Å². The maximum absolute atomic E-state index is 9.88. The van der Waals surface area contributed by atoms with E-state index in [2.05, 4.69) is 18.3 Å². The smallest absolute Gasteiger partial charge is 0.328 e. The number of nitrogens with one attached hydrogen (secondary N) is 1. The molecule has 1 aliphatic carbocycles. The second-order valence-electron chi connectivity index (χ2n) is 7.46. The summed E-state index contributed by atoms with van der Waals surface area (Å²) in [6, 6.07) is 6.44. The summed E-state index contributed by atoms with van der Waals surface area (Å²) >= 11 is 12.3. The number of carboxylic acid groups (broad SMARTS) is 2. The summed E-state index contributed by atoms with van der Waals surface area (Å²) < 4.78 is 0. The van der Waals surface area contributed by atoms with Gasteiger partial charge in [-0.25, -0.2) is 9.59 Å². The fourth-order valence-electron chi connectivity index (χ4n) is 3.63. The van der Waals surface area contributed by atoms with Crippen LogP contribution in [-0.4, -0.2) is 45.9 Å². The van der Waals surface area contributed by atoms with Crippen LogP contribution in [0.1, 0.15) is 57.9 Å². The fourth-order valence-corrected chi connectivity index (χ4v) is 3.93. The first kappa shape index (κ1) is 26.4. The molecule has 8 heteroatoms. The molecule has 1 saturated carbocycles. The van der Waals surface area contributed by atoms with E-state index in [4.69, 9.17) is 33.4 Å². The zero-order valence-corrected chi connectivity index (χ0v) is 18.9. The van der Waals surface area contributed by atoms with Crippen LogP contribution >= 0.6 is 23.2 Å². The van der Waals surface area contributed by atoms with E-state index >= 15 is 0 Å². The van der Waals surface area contributed by atoms with Gasteiger partial charge in [0.25, 0.3) is 0 Å². The zero-order chi connectivity index (χ0) is 22.7. The highest BCUT2D eigenvalue weighted by Gasteiger charge is 2.45. The van der Waals surface area contributed by atoms with E-state index in [1.807, 2.05) is 19.1 Å². The molecule has 1 aromatic carbocycles. The molecular formula is C22H31Cl2NO5. The summed E-state index contributed by atoms with van der Waals surface area (Å²) in [7, 11) is 0. The number of rotatable bonds is 10. The molecule has 4 N–H and O–H groups in total. The van der Waals surface area contributed by atoms with E-state index in [9.17, 15) is 14.7 Å². The maximum atomic E-state index is 9.88. The van der Waals surface area contributed by atoms with Crippen molar-refractivity contribution < 1.29 is 24.9 Å². The minimum absolute atomic E-state index is 0.137. The predicted molar refractivity (Wildman–Crippen MR) is 119 cm³/mol. The van der Waals surface area contributed by atoms with Gasteiger partial charge in [0, 0.05) is 30.2 Å². The van der Waals surface area contributed by atoms with Crippen LogP contribution in [0.25, 0.3) is 0 Å². The highest BCUT2D eigenvalue weighted by atomic mass is 35.5. The zero-order valence-electron chi connectivity index (χ0n) is 17.4. The third-order valence-electron chi connectivity index (χ3n) is 5.42. The molecule has 2 atom stereocenters. The van der Waals surface area contributed by atoms with Gasteiger partial charge in [0.15, 0.2) is 0 Å². The number of carboxylic acids is 2. The summed E-state index contributed by atoms with van der Waals surface area (Å²) in [4.78, 5) is 19.1. The number of hydrogen-bond acceptors (Lipinski definition) is 4. The van der Waals surface area contributed by atoms with Crippen LogP contribution in [0.4, 0.5) is 0 Å². The summed E-state index contributed by atoms with van der Waals surface area (Å²) in [5.74, 6) is -2.51. The normalized spacial score (nSPS) is 16.8. The molecule has 0 spiro atoms. The molecule has 2 rings (SSSR count). The van der Waals surface area contributed by atoms with E-state index in [1.165, 1.54) is 24.8 Å². The second kappa shape index (κ2) is 13.0. The Morgan fingerprint density at radius 2 is 1.73 bits per heavy atom. The summed E-state index contributed by atoms with van der Waals surface area (Å²) in [5, 5.41) is 30.4. The number of aliphatic hydroxyl groups excluding tert-OH is 1. The largest absolute Gasteiger partial charge is 0.478 e. The number of halogens is 2. The first-order valence-electron chi connectivity index (χ1n) is 10.2. The Morgan fingerprint density at radius 1 is 1.13 bits per heavy atom. The van der Waals surface area contributed by atoms with Gasteiger partial charge >= 0.3 is 11.9 Å². The monoisotopic (exact) mass is 459 g/mol. The molecule has 6 nitrogen and oxygen atoms in total. The molecule has 0 aliphatic heterocycles. The molecule has 168 valence electrons. The minimum atomic E-state index is -1.26. The van der Waals surface area contributed by atoms with Crippen molar-refractivity contribution in [2.45, 2.75) is 69.9 Å². The second-order valence-corrected chi connectivity index (χ2v) is 8.27. The lowest BCUT2D eigenvalue weighted by Gasteiger charge is -2.49. The molecule has 0 bridgehead atoms. The SMILES string of the molecule is CCCC(NCC(O)CC)C1(c2ccc(Cl)c(Cl)c2)CCC1.O=C(O)/C=C\C(=O)O. The van der Waals surface area contributed by atoms with E-state index in [-0.39, 0.29) is 11.5 Å². The van der Waals surface area contributed by atoms with Gasteiger partial charge < -0.3 is 20.6 Å². The number of benzene rings is 1. The van der Waals surface area contributed by atoms with Crippen molar-refractivity contribution in [1.29, 1.82) is 0 Å². The molecule has 0 radical (unpaired) electrons. The van der Waals surface area contributed by atoms with Gasteiger partial charge in [-0.2, -0.15) is 0 Å². The van der Waals surface area contributed by atoms with Crippen LogP contribution in [-0.2, 0) is 15.0 Å². The summed E-state index contributed by atoms with van der Waals surface area (Å²) in [5.41, 5.74) is 1.42. The van der Waals surface area contributed by atoms with Crippen molar-refractivity contribution in [3.8, 4) is 0 Å². The maximum Gasteiger partial charge on any atom is 0.328 e. The molecule has 0 heterocycles. The Bertz CT molecular complexity index is 718. The summed E-state index contributed by atoms with van der Waals surface area (Å²) in [6.45, 7) is 4.88. The van der Waals surface area contributed by atoms with Crippen molar-refractivity contribution in [2.75, 3.05) is 6.54 Å². The van der Waals surface area contributed by atoms with Gasteiger partial charge in [0.2, 0.25) is 0 Å². The van der Waals surface area contributed by atoms with Crippen molar-refractivity contribution in [3.05, 3.63) is 46.0 Å². The van der Waals surface area contributed by atoms with Crippen LogP contribution in [0, 0.1) is 0 Å². The Labute approximate surface area is 187 Å². The van der Waals surface area contributed by atoms with Gasteiger partial charge in [-0.1, -0.05) is 56.0 Å². The van der Waals surface area contributed by atoms with Gasteiger partial charge in [-0.15, -0.1) is 0 Å². The molecule has 0 aromatic heterocycles. The number of aliphatic hydroxyl groups is 1. The average Bonchev–Trinajstić information content (AvgIpc) is 2.66. The number of carbonyl (C=O) groups is 2. The molecule has 0 amide bonds. The standard InChI is InChI=1S/C18H27Cl2NO.C4H4O4/c1-3-6-17(21-12-14(22)4-2)18(9-5-10-18)13-7-8-15(19)16(20)11-13;5-3(6)1-2-4(7)8/h7-8,11,14,17,21-22H,3-6,9-10,12H2,1-2H3;1-2H,(H,5,6)(H,7,8)/b;2-1-. The Balaban J connectivity index is 0.000000479. The number of aliphatic carboxylic acids is 2. The molecule has 1 fully saturated rings. The quantitative estimate of drug-likeness (QED) is 0.379. The van der Waals surface area contributed by atoms with E-state index < -0.39 is 11.9 Å². The Kier molecular flexibility index (Phi) is 11.4. The molecular weight excluding hydrogens is 429 g/mol. The van der Waals surface area contributed by atoms with Gasteiger partial charge in [0.1, 0.15) is 0 Å². The van der Waals surface area contributed by atoms with Gasteiger partial charge in [-0.3, -0.25) is 0 Å². The first-order chi connectivity index (χ1) is 14.2. The van der Waals surface area contributed by atoms with Crippen LogP contribution < -0.4 is 5.32 Å². The lowest BCUT2D eigenvalue weighted by atomic mass is 9.59. The van der Waals surface area contributed by atoms with Crippen LogP contribution in [0.5, 0.6) is 0 Å². The molecule has 1 aromatic rings. The van der Waals surface area contributed by atoms with Gasteiger partial charge in [-0.05, 0) is 43.4 Å². The Hall–Kier alpha value is -1.60. The Morgan fingerprint density at radius 3 is 2.13 bits per heavy atom. The van der Waals surface area contributed by atoms with Crippen molar-refractivity contribution in [2.24, 2.45) is 0 Å². The fraction of sp³-hybridized carbons (Fsp3) is 0.545. The van der Waals surface area contributed by atoms with Crippen LogP contribution in [0.2, 0.25) is 10.0 Å². The first-order valence-corrected chi connectivity index (χ1v) is 10.9. The van der Waals surface area contributed by atoms with E-state index in [1.54, 1.807) is 0 Å². The lowest BCUT2D eigenvalue weighted by molar-refractivity contribution is -0.134. The van der Waals surface area contributed by atoms with Crippen LogP contribution in [0.3, 0.4) is 0 Å². The highest BCUT2D eigenvalue weighted by molar-refractivity contribution is 6.42. The van der Waals surface area contributed by atoms with E-state index in [0.717, 1.165) is 19.3 Å². The summed E-state index contributed by atoms with van der Waals surface area (Å²) in [6.07, 6.45) is 7.45. The number of hydrogen-bond donors (Lipinski definition) is 4. The van der Waals surface area contributed by atoms with Crippen molar-refractivity contribution in [3.63, 3.8) is 0 Å². The average molecular weight is 460 g/mol. The topological polar surface area (TPSA) is 107 Å². The van der Waals surface area contributed by atoms with Crippen molar-refractivity contribution >= 4 is 35.1 Å². The molecule has 2 unspecified atom stereocenters. The third-order valence-corrected chi connectivity index (χ3v) is 6.16. The minimum Gasteiger partial charge on any atom is -0.478 e. The third kappa shape index (κ3) is 7.91. The molecule has 1 aliphatic rings. The molecule has 0 saturated heterocycles. The highest BCUT2D eigenvalue weighted by Crippen LogP contribution is 2.48.